The summed E-state index contributed by atoms with van der Waals surface area (Å²) >= 11 is 9.20. The van der Waals surface area contributed by atoms with Gasteiger partial charge in [0.05, 0.1) is 12.1 Å². The number of hydrogen-bond acceptors (Lipinski definition) is 3. The van der Waals surface area contributed by atoms with Gasteiger partial charge in [0, 0.05) is 22.2 Å². The molecule has 0 saturated carbocycles. The number of benzene rings is 2. The number of carbonyl (C=O) groups excluding carboxylic acids is 2. The molecule has 24 heavy (non-hydrogen) atoms. The fraction of sp³-hybridized carbons (Fsp3) is 0.176. The van der Waals surface area contributed by atoms with Crippen LogP contribution in [0.15, 0.2) is 40.9 Å². The molecule has 0 fully saturated rings. The summed E-state index contributed by atoms with van der Waals surface area (Å²) in [4.78, 5) is 25.7. The highest BCUT2D eigenvalue weighted by Crippen LogP contribution is 2.23. The first-order valence-electron chi connectivity index (χ1n) is 7.08. The number of carbonyl (C=O) groups is 2. The number of rotatable bonds is 4. The van der Waals surface area contributed by atoms with Crippen LogP contribution in [-0.2, 0) is 4.79 Å². The molecule has 2 amide bonds. The smallest absolute Gasteiger partial charge is 0.257 e. The topological polar surface area (TPSA) is 69.6 Å². The molecular formula is C17H16BrClN2O3. The van der Waals surface area contributed by atoms with E-state index in [9.17, 15) is 14.7 Å². The molecule has 0 aliphatic heterocycles. The van der Waals surface area contributed by atoms with E-state index >= 15 is 0 Å². The first kappa shape index (κ1) is 18.3. The van der Waals surface area contributed by atoms with Crippen LogP contribution in [0.3, 0.4) is 0 Å². The summed E-state index contributed by atoms with van der Waals surface area (Å²) in [5.41, 5.74) is 1.63. The molecule has 7 heteroatoms. The molecular weight excluding hydrogens is 396 g/mol. The molecule has 0 atom stereocenters. The highest BCUT2D eigenvalue weighted by Gasteiger charge is 2.19. The van der Waals surface area contributed by atoms with Crippen LogP contribution in [-0.4, -0.2) is 35.4 Å². The molecule has 0 aliphatic carbocycles. The number of phenols is 1. The Morgan fingerprint density at radius 2 is 1.96 bits per heavy atom. The van der Waals surface area contributed by atoms with Crippen LogP contribution in [0, 0.1) is 6.92 Å². The Morgan fingerprint density at radius 3 is 2.62 bits per heavy atom. The minimum Gasteiger partial charge on any atom is -0.507 e. The molecule has 0 aliphatic rings. The molecule has 5 nitrogen and oxygen atoms in total. The van der Waals surface area contributed by atoms with E-state index in [4.69, 9.17) is 11.6 Å². The molecule has 2 aromatic carbocycles. The predicted octanol–water partition coefficient (Wildman–Crippen LogP) is 3.83. The normalized spacial score (nSPS) is 10.3. The maximum atomic E-state index is 12.3. The first-order chi connectivity index (χ1) is 11.3. The Morgan fingerprint density at radius 1 is 1.25 bits per heavy atom. The largest absolute Gasteiger partial charge is 0.507 e. The summed E-state index contributed by atoms with van der Waals surface area (Å²) in [6.07, 6.45) is 0. The second-order valence-electron chi connectivity index (χ2n) is 5.33. The predicted molar refractivity (Wildman–Crippen MR) is 97.6 cm³/mol. The van der Waals surface area contributed by atoms with Gasteiger partial charge in [0.25, 0.3) is 5.91 Å². The Labute approximate surface area is 153 Å². The number of aromatic hydroxyl groups is 1. The van der Waals surface area contributed by atoms with Crippen molar-refractivity contribution in [2.24, 2.45) is 0 Å². The fourth-order valence-corrected chi connectivity index (χ4v) is 2.78. The highest BCUT2D eigenvalue weighted by atomic mass is 79.9. The maximum Gasteiger partial charge on any atom is 0.257 e. The number of nitrogens with one attached hydrogen (secondary N) is 1. The number of phenolic OH excluding ortho intramolecular Hbond substituents is 1. The van der Waals surface area contributed by atoms with Gasteiger partial charge in [-0.05, 0) is 48.9 Å². The van der Waals surface area contributed by atoms with Gasteiger partial charge in [0.2, 0.25) is 5.91 Å². The van der Waals surface area contributed by atoms with Gasteiger partial charge >= 0.3 is 0 Å². The summed E-state index contributed by atoms with van der Waals surface area (Å²) in [5.74, 6) is -1.00. The molecule has 2 N–H and O–H groups in total. The van der Waals surface area contributed by atoms with E-state index in [0.29, 0.717) is 10.7 Å². The first-order valence-corrected chi connectivity index (χ1v) is 8.25. The van der Waals surface area contributed by atoms with Gasteiger partial charge in [-0.2, -0.15) is 0 Å². The summed E-state index contributed by atoms with van der Waals surface area (Å²) < 4.78 is 0.918. The second kappa shape index (κ2) is 7.68. The van der Waals surface area contributed by atoms with Crippen molar-refractivity contribution in [1.82, 2.24) is 4.90 Å². The van der Waals surface area contributed by atoms with E-state index in [1.807, 2.05) is 19.1 Å². The van der Waals surface area contributed by atoms with Gasteiger partial charge in [-0.15, -0.1) is 0 Å². The molecule has 2 rings (SSSR count). The van der Waals surface area contributed by atoms with Crippen molar-refractivity contribution in [3.63, 3.8) is 0 Å². The van der Waals surface area contributed by atoms with Crippen molar-refractivity contribution in [1.29, 1.82) is 0 Å². The third-order valence-electron chi connectivity index (χ3n) is 3.38. The summed E-state index contributed by atoms with van der Waals surface area (Å²) in [5, 5.41) is 12.9. The van der Waals surface area contributed by atoms with Crippen molar-refractivity contribution in [2.75, 3.05) is 18.9 Å². The van der Waals surface area contributed by atoms with Gasteiger partial charge in [-0.1, -0.05) is 27.5 Å². The summed E-state index contributed by atoms with van der Waals surface area (Å²) in [7, 11) is 1.48. The van der Waals surface area contributed by atoms with Crippen LogP contribution in [0.25, 0.3) is 0 Å². The minimum atomic E-state index is -0.488. The number of hydrogen-bond donors (Lipinski definition) is 2. The number of anilines is 1. The lowest BCUT2D eigenvalue weighted by Crippen LogP contribution is -2.35. The van der Waals surface area contributed by atoms with Crippen LogP contribution in [0.2, 0.25) is 5.02 Å². The number of aryl methyl sites for hydroxylation is 1. The van der Waals surface area contributed by atoms with E-state index < -0.39 is 5.91 Å². The average Bonchev–Trinajstić information content (AvgIpc) is 2.51. The lowest BCUT2D eigenvalue weighted by Gasteiger charge is -2.18. The Bertz CT molecular complexity index is 795. The van der Waals surface area contributed by atoms with Crippen LogP contribution in [0.4, 0.5) is 5.69 Å². The standard InChI is InChI=1S/C17H16BrClN2O3/c1-10-7-11(18)3-5-14(10)20-16(23)9-21(2)17(24)13-8-12(19)4-6-15(13)22/h3-8,22H,9H2,1-2H3,(H,20,23). The van der Waals surface area contributed by atoms with Crippen LogP contribution < -0.4 is 5.32 Å². The molecule has 0 aromatic heterocycles. The van der Waals surface area contributed by atoms with Gasteiger partial charge in [-0.25, -0.2) is 0 Å². The van der Waals surface area contributed by atoms with Crippen molar-refractivity contribution >= 4 is 45.0 Å². The van der Waals surface area contributed by atoms with Crippen LogP contribution >= 0.6 is 27.5 Å². The lowest BCUT2D eigenvalue weighted by molar-refractivity contribution is -0.116. The maximum absolute atomic E-state index is 12.3. The van der Waals surface area contributed by atoms with Crippen molar-refractivity contribution in [3.05, 3.63) is 57.0 Å². The van der Waals surface area contributed by atoms with Crippen molar-refractivity contribution in [3.8, 4) is 5.75 Å². The lowest BCUT2D eigenvalue weighted by atomic mass is 10.1. The Balaban J connectivity index is 2.05. The monoisotopic (exact) mass is 410 g/mol. The SMILES string of the molecule is Cc1cc(Br)ccc1NC(=O)CN(C)C(=O)c1cc(Cl)ccc1O. The average molecular weight is 412 g/mol. The number of likely N-dealkylation sites (N-methyl/N-ethyl adjacent to an activating group) is 1. The molecule has 126 valence electrons. The zero-order valence-corrected chi connectivity index (χ0v) is 15.5. The van der Waals surface area contributed by atoms with Crippen LogP contribution in [0.5, 0.6) is 5.75 Å². The van der Waals surface area contributed by atoms with Gasteiger partial charge < -0.3 is 15.3 Å². The third-order valence-corrected chi connectivity index (χ3v) is 4.11. The Kier molecular flexibility index (Phi) is 5.85. The minimum absolute atomic E-state index is 0.0534. The van der Waals surface area contributed by atoms with E-state index in [1.165, 1.54) is 30.1 Å². The summed E-state index contributed by atoms with van der Waals surface area (Å²) in [6.45, 7) is 1.72. The second-order valence-corrected chi connectivity index (χ2v) is 6.68. The zero-order valence-electron chi connectivity index (χ0n) is 13.1. The molecule has 0 unspecified atom stereocenters. The third kappa shape index (κ3) is 4.49. The van der Waals surface area contributed by atoms with E-state index in [-0.39, 0.29) is 23.8 Å². The molecule has 0 heterocycles. The zero-order chi connectivity index (χ0) is 17.9. The van der Waals surface area contributed by atoms with E-state index in [1.54, 1.807) is 6.07 Å². The molecule has 0 saturated heterocycles. The van der Waals surface area contributed by atoms with E-state index in [2.05, 4.69) is 21.2 Å². The summed E-state index contributed by atoms with van der Waals surface area (Å²) in [6, 6.07) is 9.68. The number of nitrogens with zero attached hydrogens (tertiary/aromatic N) is 1. The number of amides is 2. The van der Waals surface area contributed by atoms with Crippen molar-refractivity contribution in [2.45, 2.75) is 6.92 Å². The quantitative estimate of drug-likeness (QED) is 0.803. The van der Waals surface area contributed by atoms with Crippen molar-refractivity contribution < 1.29 is 14.7 Å². The van der Waals surface area contributed by atoms with Gasteiger partial charge in [0.15, 0.2) is 0 Å². The van der Waals surface area contributed by atoms with Gasteiger partial charge in [0.1, 0.15) is 5.75 Å². The number of halogens is 2. The molecule has 2 aromatic rings. The highest BCUT2D eigenvalue weighted by molar-refractivity contribution is 9.10. The van der Waals surface area contributed by atoms with Gasteiger partial charge in [-0.3, -0.25) is 9.59 Å². The fourth-order valence-electron chi connectivity index (χ4n) is 2.13. The molecule has 0 radical (unpaired) electrons. The van der Waals surface area contributed by atoms with E-state index in [0.717, 1.165) is 10.0 Å². The Hall–Kier alpha value is -2.05. The molecule has 0 bridgehead atoms. The van der Waals surface area contributed by atoms with Crippen LogP contribution in [0.1, 0.15) is 15.9 Å². The molecule has 0 spiro atoms.